The molecule has 134 valence electrons. The molecule has 1 saturated heterocycles. The van der Waals surface area contributed by atoms with Crippen molar-refractivity contribution in [3.8, 4) is 11.3 Å². The van der Waals surface area contributed by atoms with Crippen molar-refractivity contribution in [1.82, 2.24) is 9.55 Å². The zero-order chi connectivity index (χ0) is 17.8. The third-order valence-electron chi connectivity index (χ3n) is 5.29. The van der Waals surface area contributed by atoms with Crippen LogP contribution < -0.4 is 16.1 Å². The van der Waals surface area contributed by atoms with Gasteiger partial charge in [-0.3, -0.25) is 4.79 Å². The Hall–Kier alpha value is -2.05. The van der Waals surface area contributed by atoms with E-state index >= 15 is 0 Å². The van der Waals surface area contributed by atoms with E-state index in [2.05, 4.69) is 14.5 Å². The maximum Gasteiger partial charge on any atom is 0.198 e. The van der Waals surface area contributed by atoms with Gasteiger partial charge in [-0.15, -0.1) is 11.3 Å². The average Bonchev–Trinajstić information content (AvgIpc) is 3.14. The number of fused-ring (bicyclic) bond motifs is 1. The number of pyridine rings is 1. The molecule has 0 radical (unpaired) electrons. The van der Waals surface area contributed by atoms with Crippen LogP contribution in [0.2, 0.25) is 5.02 Å². The molecule has 1 aliphatic heterocycles. The molecule has 2 aliphatic rings. The van der Waals surface area contributed by atoms with Crippen LogP contribution in [0.25, 0.3) is 22.2 Å². The van der Waals surface area contributed by atoms with Gasteiger partial charge in [-0.2, -0.15) is 0 Å². The van der Waals surface area contributed by atoms with Crippen molar-refractivity contribution in [2.24, 2.45) is 0 Å². The highest BCUT2D eigenvalue weighted by molar-refractivity contribution is 7.13. The molecule has 0 amide bonds. The Bertz CT molecular complexity index is 1060. The van der Waals surface area contributed by atoms with Crippen molar-refractivity contribution >= 4 is 44.7 Å². The largest absolute Gasteiger partial charge is 0.375 e. The Labute approximate surface area is 160 Å². The van der Waals surface area contributed by atoms with E-state index in [1.165, 1.54) is 24.2 Å². The third kappa shape index (κ3) is 2.59. The number of thiazole rings is 1. The van der Waals surface area contributed by atoms with Gasteiger partial charge in [-0.05, 0) is 37.8 Å². The van der Waals surface area contributed by atoms with E-state index in [0.29, 0.717) is 27.8 Å². The van der Waals surface area contributed by atoms with Gasteiger partial charge in [-0.25, -0.2) is 4.98 Å². The van der Waals surface area contributed by atoms with Crippen LogP contribution in [0.15, 0.2) is 28.5 Å². The Balaban J connectivity index is 1.78. The van der Waals surface area contributed by atoms with Crippen molar-refractivity contribution in [2.45, 2.75) is 31.7 Å². The van der Waals surface area contributed by atoms with Crippen LogP contribution in [-0.4, -0.2) is 22.6 Å². The fourth-order valence-electron chi connectivity index (χ4n) is 3.81. The van der Waals surface area contributed by atoms with Crippen LogP contribution in [0.4, 0.5) is 10.8 Å². The topological polar surface area (TPSA) is 64.2 Å². The highest BCUT2D eigenvalue weighted by Gasteiger charge is 2.27. The first kappa shape index (κ1) is 16.1. The molecule has 5 nitrogen and oxygen atoms in total. The highest BCUT2D eigenvalue weighted by atomic mass is 35.5. The molecule has 2 N–H and O–H groups in total. The standard InChI is InChI=1S/C19H19ClN4OS/c20-14-8-16-12(7-17(14)23-5-1-2-6-23)18(25)13(9-24(16)11-3-4-11)15-10-26-19(21)22-15/h7-11H,1-6H2,(H2,21,22). The molecule has 3 aromatic rings. The predicted molar refractivity (Wildman–Crippen MR) is 108 cm³/mol. The van der Waals surface area contributed by atoms with E-state index in [0.717, 1.165) is 42.2 Å². The van der Waals surface area contributed by atoms with Crippen LogP contribution in [0.1, 0.15) is 31.7 Å². The van der Waals surface area contributed by atoms with Gasteiger partial charge in [0.1, 0.15) is 0 Å². The zero-order valence-electron chi connectivity index (χ0n) is 14.2. The molecule has 1 aromatic carbocycles. The van der Waals surface area contributed by atoms with Crippen molar-refractivity contribution in [2.75, 3.05) is 23.7 Å². The summed E-state index contributed by atoms with van der Waals surface area (Å²) in [5, 5.41) is 3.77. The first-order chi connectivity index (χ1) is 12.6. The molecule has 26 heavy (non-hydrogen) atoms. The molecule has 7 heteroatoms. The highest BCUT2D eigenvalue weighted by Crippen LogP contribution is 2.40. The molecule has 5 rings (SSSR count). The van der Waals surface area contributed by atoms with Crippen LogP contribution in [0.5, 0.6) is 0 Å². The predicted octanol–water partition coefficient (Wildman–Crippen LogP) is 4.30. The van der Waals surface area contributed by atoms with Crippen molar-refractivity contribution in [1.29, 1.82) is 0 Å². The summed E-state index contributed by atoms with van der Waals surface area (Å²) in [6.45, 7) is 1.98. The lowest BCUT2D eigenvalue weighted by Gasteiger charge is -2.21. The molecule has 1 saturated carbocycles. The summed E-state index contributed by atoms with van der Waals surface area (Å²) in [6, 6.07) is 4.37. The van der Waals surface area contributed by atoms with Gasteiger partial charge in [0.2, 0.25) is 0 Å². The summed E-state index contributed by atoms with van der Waals surface area (Å²) in [4.78, 5) is 19.9. The van der Waals surface area contributed by atoms with Crippen molar-refractivity contribution in [3.63, 3.8) is 0 Å². The number of rotatable bonds is 3. The van der Waals surface area contributed by atoms with Crippen LogP contribution >= 0.6 is 22.9 Å². The number of nitrogens with two attached hydrogens (primary N) is 1. The number of anilines is 2. The van der Waals surface area contributed by atoms with Crippen LogP contribution in [-0.2, 0) is 0 Å². The van der Waals surface area contributed by atoms with E-state index in [1.54, 1.807) is 0 Å². The lowest BCUT2D eigenvalue weighted by atomic mass is 10.1. The zero-order valence-corrected chi connectivity index (χ0v) is 15.8. The molecule has 2 fully saturated rings. The molecular weight excluding hydrogens is 368 g/mol. The lowest BCUT2D eigenvalue weighted by Crippen LogP contribution is -2.19. The first-order valence-corrected chi connectivity index (χ1v) is 10.2. The molecule has 0 bridgehead atoms. The Morgan fingerprint density at radius 2 is 2.00 bits per heavy atom. The minimum Gasteiger partial charge on any atom is -0.375 e. The smallest absolute Gasteiger partial charge is 0.198 e. The molecule has 0 spiro atoms. The van der Waals surface area contributed by atoms with Crippen LogP contribution in [0, 0.1) is 0 Å². The SMILES string of the molecule is Nc1nc(-c2cn(C3CC3)c3cc(Cl)c(N4CCCC4)cc3c2=O)cs1. The molecule has 0 atom stereocenters. The Morgan fingerprint density at radius 3 is 2.65 bits per heavy atom. The minimum absolute atomic E-state index is 0.000636. The summed E-state index contributed by atoms with van der Waals surface area (Å²) in [5.74, 6) is 0. The second kappa shape index (κ2) is 5.99. The fourth-order valence-corrected chi connectivity index (χ4v) is 4.65. The van der Waals surface area contributed by atoms with Gasteiger partial charge in [0.05, 0.1) is 27.5 Å². The molecular formula is C19H19ClN4OS. The normalized spacial score (nSPS) is 17.3. The molecule has 1 aliphatic carbocycles. The lowest BCUT2D eigenvalue weighted by molar-refractivity contribution is 0.767. The van der Waals surface area contributed by atoms with Gasteiger partial charge in [-0.1, -0.05) is 11.6 Å². The number of nitrogen functional groups attached to an aromatic ring is 1. The fraction of sp³-hybridized carbons (Fsp3) is 0.368. The van der Waals surface area contributed by atoms with Crippen LogP contribution in [0.3, 0.4) is 0 Å². The maximum absolute atomic E-state index is 13.3. The van der Waals surface area contributed by atoms with E-state index < -0.39 is 0 Å². The quantitative estimate of drug-likeness (QED) is 0.729. The monoisotopic (exact) mass is 386 g/mol. The number of hydrogen-bond acceptors (Lipinski definition) is 5. The Morgan fingerprint density at radius 1 is 1.23 bits per heavy atom. The second-order valence-electron chi connectivity index (χ2n) is 7.10. The molecule has 2 aromatic heterocycles. The van der Waals surface area contributed by atoms with Gasteiger partial charge < -0.3 is 15.2 Å². The van der Waals surface area contributed by atoms with E-state index in [-0.39, 0.29) is 5.43 Å². The molecule has 0 unspecified atom stereocenters. The summed E-state index contributed by atoms with van der Waals surface area (Å²) < 4.78 is 2.20. The second-order valence-corrected chi connectivity index (χ2v) is 8.39. The summed E-state index contributed by atoms with van der Waals surface area (Å²) >= 11 is 7.97. The number of benzene rings is 1. The van der Waals surface area contributed by atoms with Gasteiger partial charge in [0.25, 0.3) is 0 Å². The van der Waals surface area contributed by atoms with Gasteiger partial charge in [0, 0.05) is 36.1 Å². The minimum atomic E-state index is -0.000636. The van der Waals surface area contributed by atoms with Crippen molar-refractivity contribution < 1.29 is 0 Å². The average molecular weight is 387 g/mol. The van der Waals surface area contributed by atoms with E-state index in [9.17, 15) is 4.79 Å². The van der Waals surface area contributed by atoms with Gasteiger partial charge >= 0.3 is 0 Å². The molecule has 3 heterocycles. The number of hydrogen-bond donors (Lipinski definition) is 1. The summed E-state index contributed by atoms with van der Waals surface area (Å²) in [5.41, 5.74) is 8.94. The maximum atomic E-state index is 13.3. The third-order valence-corrected chi connectivity index (χ3v) is 6.26. The Kier molecular flexibility index (Phi) is 3.72. The number of aromatic nitrogens is 2. The van der Waals surface area contributed by atoms with E-state index in [4.69, 9.17) is 17.3 Å². The van der Waals surface area contributed by atoms with Crippen molar-refractivity contribution in [3.05, 3.63) is 39.0 Å². The number of halogens is 1. The van der Waals surface area contributed by atoms with E-state index in [1.807, 2.05) is 23.7 Å². The summed E-state index contributed by atoms with van der Waals surface area (Å²) in [7, 11) is 0. The summed E-state index contributed by atoms with van der Waals surface area (Å²) in [6.07, 6.45) is 6.52. The van der Waals surface area contributed by atoms with Gasteiger partial charge in [0.15, 0.2) is 10.6 Å². The number of nitrogens with zero attached hydrogens (tertiary/aromatic N) is 3. The first-order valence-electron chi connectivity index (χ1n) is 8.96.